The molecule has 0 radical (unpaired) electrons. The Labute approximate surface area is 135 Å². The molecule has 0 saturated heterocycles. The zero-order valence-corrected chi connectivity index (χ0v) is 13.3. The number of aromatic amines is 1. The van der Waals surface area contributed by atoms with Crippen molar-refractivity contribution in [1.29, 1.82) is 5.26 Å². The van der Waals surface area contributed by atoms with Crippen LogP contribution in [0.15, 0.2) is 36.4 Å². The van der Waals surface area contributed by atoms with Crippen LogP contribution in [0.4, 0.5) is 0 Å². The zero-order chi connectivity index (χ0) is 16.4. The SMILES string of the molecule is COc1ccccc1C=C(C#N)c1nc2cc(C)c(C)cc2[nH]1. The molecule has 0 aliphatic rings. The largest absolute Gasteiger partial charge is 0.496 e. The molecule has 0 fully saturated rings. The van der Waals surface area contributed by atoms with Gasteiger partial charge < -0.3 is 9.72 Å². The first kappa shape index (κ1) is 14.9. The lowest BCUT2D eigenvalue weighted by Gasteiger charge is -2.03. The van der Waals surface area contributed by atoms with Crippen molar-refractivity contribution in [1.82, 2.24) is 9.97 Å². The van der Waals surface area contributed by atoms with Crippen molar-refractivity contribution in [2.75, 3.05) is 7.11 Å². The summed E-state index contributed by atoms with van der Waals surface area (Å²) in [5, 5.41) is 9.52. The van der Waals surface area contributed by atoms with Gasteiger partial charge in [-0.15, -0.1) is 0 Å². The van der Waals surface area contributed by atoms with E-state index in [2.05, 4.69) is 36.0 Å². The number of ether oxygens (including phenoxy) is 1. The van der Waals surface area contributed by atoms with Gasteiger partial charge in [0.2, 0.25) is 0 Å². The van der Waals surface area contributed by atoms with E-state index in [4.69, 9.17) is 4.74 Å². The second kappa shape index (κ2) is 5.98. The molecule has 4 heteroatoms. The second-order valence-electron chi connectivity index (χ2n) is 5.45. The Morgan fingerprint density at radius 3 is 2.70 bits per heavy atom. The van der Waals surface area contributed by atoms with Crippen molar-refractivity contribution in [3.8, 4) is 11.8 Å². The third-order valence-electron chi connectivity index (χ3n) is 3.91. The molecule has 1 heterocycles. The monoisotopic (exact) mass is 303 g/mol. The Hall–Kier alpha value is -3.06. The minimum Gasteiger partial charge on any atom is -0.496 e. The van der Waals surface area contributed by atoms with E-state index < -0.39 is 0 Å². The average molecular weight is 303 g/mol. The number of imidazole rings is 1. The first-order chi connectivity index (χ1) is 11.1. The van der Waals surface area contributed by atoms with Gasteiger partial charge in [0.1, 0.15) is 17.6 Å². The number of methoxy groups -OCH3 is 1. The Bertz CT molecular complexity index is 906. The highest BCUT2D eigenvalue weighted by Crippen LogP contribution is 2.25. The lowest BCUT2D eigenvalue weighted by atomic mass is 10.1. The van der Waals surface area contributed by atoms with E-state index in [0.29, 0.717) is 11.4 Å². The molecule has 0 unspecified atom stereocenters. The number of aromatic nitrogens is 2. The fourth-order valence-corrected chi connectivity index (χ4v) is 2.49. The van der Waals surface area contributed by atoms with Gasteiger partial charge in [0.05, 0.1) is 23.7 Å². The summed E-state index contributed by atoms with van der Waals surface area (Å²) in [6.07, 6.45) is 1.79. The summed E-state index contributed by atoms with van der Waals surface area (Å²) in [6.45, 7) is 4.12. The summed E-state index contributed by atoms with van der Waals surface area (Å²) in [5.41, 5.74) is 5.50. The van der Waals surface area contributed by atoms with Gasteiger partial charge in [-0.3, -0.25) is 0 Å². The molecule has 4 nitrogen and oxygen atoms in total. The predicted molar refractivity (Wildman–Crippen MR) is 92.0 cm³/mol. The Morgan fingerprint density at radius 2 is 1.96 bits per heavy atom. The molecule has 114 valence electrons. The number of allylic oxidation sites excluding steroid dienone is 1. The van der Waals surface area contributed by atoms with Crippen molar-refractivity contribution in [3.63, 3.8) is 0 Å². The number of nitrogens with one attached hydrogen (secondary N) is 1. The molecule has 0 aliphatic heterocycles. The summed E-state index contributed by atoms with van der Waals surface area (Å²) in [6, 6.07) is 13.9. The molecule has 0 amide bonds. The van der Waals surface area contributed by atoms with Crippen LogP contribution in [0, 0.1) is 25.2 Å². The molecule has 0 aliphatic carbocycles. The van der Waals surface area contributed by atoms with Gasteiger partial charge in [-0.1, -0.05) is 18.2 Å². The normalized spacial score (nSPS) is 11.5. The second-order valence-corrected chi connectivity index (χ2v) is 5.45. The molecule has 3 rings (SSSR count). The van der Waals surface area contributed by atoms with Crippen LogP contribution in [0.2, 0.25) is 0 Å². The Morgan fingerprint density at radius 1 is 1.22 bits per heavy atom. The van der Waals surface area contributed by atoms with Crippen molar-refractivity contribution < 1.29 is 4.74 Å². The van der Waals surface area contributed by atoms with Crippen molar-refractivity contribution in [3.05, 3.63) is 58.9 Å². The number of H-pyrrole nitrogens is 1. The number of hydrogen-bond donors (Lipinski definition) is 1. The molecule has 0 saturated carbocycles. The highest BCUT2D eigenvalue weighted by molar-refractivity contribution is 5.91. The minimum absolute atomic E-state index is 0.473. The quantitative estimate of drug-likeness (QED) is 0.736. The van der Waals surface area contributed by atoms with E-state index in [0.717, 1.165) is 22.3 Å². The number of rotatable bonds is 3. The van der Waals surface area contributed by atoms with E-state index >= 15 is 0 Å². The average Bonchev–Trinajstić information content (AvgIpc) is 2.95. The van der Waals surface area contributed by atoms with Crippen LogP contribution in [-0.4, -0.2) is 17.1 Å². The third-order valence-corrected chi connectivity index (χ3v) is 3.91. The molecule has 1 N–H and O–H groups in total. The number of hydrogen-bond acceptors (Lipinski definition) is 3. The maximum absolute atomic E-state index is 9.52. The molecular formula is C19H17N3O. The van der Waals surface area contributed by atoms with Crippen molar-refractivity contribution >= 4 is 22.7 Å². The fourth-order valence-electron chi connectivity index (χ4n) is 2.49. The Balaban J connectivity index is 2.11. The van der Waals surface area contributed by atoms with Crippen molar-refractivity contribution in [2.45, 2.75) is 13.8 Å². The predicted octanol–water partition coefficient (Wildman–Crippen LogP) is 4.25. The first-order valence-electron chi connectivity index (χ1n) is 7.34. The summed E-state index contributed by atoms with van der Waals surface area (Å²) in [7, 11) is 1.62. The molecule has 23 heavy (non-hydrogen) atoms. The van der Waals surface area contributed by atoms with E-state index in [1.54, 1.807) is 13.2 Å². The maximum Gasteiger partial charge on any atom is 0.149 e. The van der Waals surface area contributed by atoms with Crippen LogP contribution in [0.25, 0.3) is 22.7 Å². The molecule has 0 spiro atoms. The van der Waals surface area contributed by atoms with Gasteiger partial charge >= 0.3 is 0 Å². The van der Waals surface area contributed by atoms with Crippen LogP contribution in [0.3, 0.4) is 0 Å². The van der Waals surface area contributed by atoms with Gasteiger partial charge in [-0.05, 0) is 49.2 Å². The maximum atomic E-state index is 9.52. The molecule has 1 aromatic heterocycles. The topological polar surface area (TPSA) is 61.7 Å². The van der Waals surface area contributed by atoms with Gasteiger partial charge in [0, 0.05) is 5.56 Å². The van der Waals surface area contributed by atoms with Crippen molar-refractivity contribution in [2.24, 2.45) is 0 Å². The van der Waals surface area contributed by atoms with Crippen LogP contribution >= 0.6 is 0 Å². The number of aryl methyl sites for hydroxylation is 2. The summed E-state index contributed by atoms with van der Waals surface area (Å²) in [5.74, 6) is 1.29. The van der Waals surface area contributed by atoms with E-state index in [9.17, 15) is 5.26 Å². The number of benzene rings is 2. The van der Waals surface area contributed by atoms with Gasteiger partial charge in [0.15, 0.2) is 0 Å². The van der Waals surface area contributed by atoms with E-state index in [1.807, 2.05) is 30.3 Å². The summed E-state index contributed by atoms with van der Waals surface area (Å²) in [4.78, 5) is 7.78. The molecular weight excluding hydrogens is 286 g/mol. The Kier molecular flexibility index (Phi) is 3.86. The molecule has 0 bridgehead atoms. The zero-order valence-electron chi connectivity index (χ0n) is 13.3. The highest BCUT2D eigenvalue weighted by Gasteiger charge is 2.10. The third kappa shape index (κ3) is 2.82. The van der Waals surface area contributed by atoms with Gasteiger partial charge in [0.25, 0.3) is 0 Å². The number of nitrogens with zero attached hydrogens (tertiary/aromatic N) is 2. The smallest absolute Gasteiger partial charge is 0.149 e. The van der Waals surface area contributed by atoms with Crippen LogP contribution in [0.5, 0.6) is 5.75 Å². The number of para-hydroxylation sites is 1. The number of nitriles is 1. The van der Waals surface area contributed by atoms with E-state index in [1.165, 1.54) is 11.1 Å². The summed E-state index contributed by atoms with van der Waals surface area (Å²) >= 11 is 0. The lowest BCUT2D eigenvalue weighted by molar-refractivity contribution is 0.414. The van der Waals surface area contributed by atoms with Gasteiger partial charge in [-0.25, -0.2) is 4.98 Å². The standard InChI is InChI=1S/C19H17N3O/c1-12-8-16-17(9-13(12)2)22-19(21-16)15(11-20)10-14-6-4-5-7-18(14)23-3/h4-10H,1-3H3,(H,21,22). The van der Waals surface area contributed by atoms with Gasteiger partial charge in [-0.2, -0.15) is 5.26 Å². The van der Waals surface area contributed by atoms with Crippen LogP contribution < -0.4 is 4.74 Å². The van der Waals surface area contributed by atoms with E-state index in [-0.39, 0.29) is 0 Å². The molecule has 0 atom stereocenters. The molecule has 3 aromatic rings. The number of fused-ring (bicyclic) bond motifs is 1. The lowest BCUT2D eigenvalue weighted by Crippen LogP contribution is -1.89. The fraction of sp³-hybridized carbons (Fsp3) is 0.158. The minimum atomic E-state index is 0.473. The first-order valence-corrected chi connectivity index (χ1v) is 7.34. The highest BCUT2D eigenvalue weighted by atomic mass is 16.5. The van der Waals surface area contributed by atoms with Crippen LogP contribution in [0.1, 0.15) is 22.5 Å². The van der Waals surface area contributed by atoms with Crippen LogP contribution in [-0.2, 0) is 0 Å². The summed E-state index contributed by atoms with van der Waals surface area (Å²) < 4.78 is 5.33. The molecule has 2 aromatic carbocycles.